The summed E-state index contributed by atoms with van der Waals surface area (Å²) in [6.07, 6.45) is -0.691. The maximum Gasteiger partial charge on any atom is 0.342 e. The topological polar surface area (TPSA) is 63.7 Å². The van der Waals surface area contributed by atoms with E-state index in [4.69, 9.17) is 4.74 Å². The summed E-state index contributed by atoms with van der Waals surface area (Å²) in [5.74, 6) is -1.76. The van der Waals surface area contributed by atoms with Gasteiger partial charge in [0.15, 0.2) is 6.10 Å². The molecular weight excluding hydrogens is 393 g/mol. The summed E-state index contributed by atoms with van der Waals surface area (Å²) in [5.41, 5.74) is 3.09. The van der Waals surface area contributed by atoms with Gasteiger partial charge in [-0.1, -0.05) is 48.5 Å². The Morgan fingerprint density at radius 3 is 2.03 bits per heavy atom. The lowest BCUT2D eigenvalue weighted by Gasteiger charge is -2.16. The van der Waals surface area contributed by atoms with Crippen molar-refractivity contribution in [2.75, 3.05) is 14.1 Å². The van der Waals surface area contributed by atoms with Crippen LogP contribution in [0.3, 0.4) is 0 Å². The van der Waals surface area contributed by atoms with E-state index < -0.39 is 33.5 Å². The second kappa shape index (κ2) is 7.09. The highest BCUT2D eigenvalue weighted by Gasteiger charge is 2.32. The number of rotatable bonds is 4. The van der Waals surface area contributed by atoms with E-state index in [1.807, 2.05) is 48.5 Å². The van der Waals surface area contributed by atoms with E-state index in [1.54, 1.807) is 0 Å². The zero-order chi connectivity index (χ0) is 20.8. The third-order valence-corrected chi connectivity index (χ3v) is 6.75. The van der Waals surface area contributed by atoms with Gasteiger partial charge in [0.1, 0.15) is 5.82 Å². The SMILES string of the molecule is CN(C)S(=O)(=O)c1ccc(F)c(C(=O)OC2c3ccccc3-c3ccccc32)c1. The van der Waals surface area contributed by atoms with Crippen molar-refractivity contribution in [3.05, 3.63) is 89.2 Å². The number of fused-ring (bicyclic) bond motifs is 3. The number of carbonyl (C=O) groups excluding carboxylic acids is 1. The number of esters is 1. The Morgan fingerprint density at radius 2 is 1.48 bits per heavy atom. The number of sulfonamides is 1. The Morgan fingerprint density at radius 1 is 0.931 bits per heavy atom. The van der Waals surface area contributed by atoms with E-state index >= 15 is 0 Å². The van der Waals surface area contributed by atoms with Crippen LogP contribution in [-0.4, -0.2) is 32.8 Å². The van der Waals surface area contributed by atoms with Crippen molar-refractivity contribution in [3.8, 4) is 11.1 Å². The van der Waals surface area contributed by atoms with Crippen LogP contribution in [0, 0.1) is 5.82 Å². The van der Waals surface area contributed by atoms with Crippen LogP contribution in [0.15, 0.2) is 71.6 Å². The van der Waals surface area contributed by atoms with Crippen molar-refractivity contribution < 1.29 is 22.3 Å². The molecule has 0 unspecified atom stereocenters. The first-order chi connectivity index (χ1) is 13.8. The quantitative estimate of drug-likeness (QED) is 0.609. The van der Waals surface area contributed by atoms with Gasteiger partial charge in [0.05, 0.1) is 10.5 Å². The van der Waals surface area contributed by atoms with Crippen LogP contribution in [0.4, 0.5) is 4.39 Å². The molecule has 29 heavy (non-hydrogen) atoms. The van der Waals surface area contributed by atoms with Crippen molar-refractivity contribution in [2.45, 2.75) is 11.0 Å². The predicted octanol–water partition coefficient (Wildman–Crippen LogP) is 4.00. The normalized spacial score (nSPS) is 13.2. The maximum absolute atomic E-state index is 14.4. The van der Waals surface area contributed by atoms with Gasteiger partial charge in [-0.2, -0.15) is 0 Å². The van der Waals surface area contributed by atoms with Crippen molar-refractivity contribution in [1.82, 2.24) is 4.31 Å². The van der Waals surface area contributed by atoms with Crippen LogP contribution in [0.1, 0.15) is 27.6 Å². The van der Waals surface area contributed by atoms with Crippen molar-refractivity contribution >= 4 is 16.0 Å². The molecular formula is C22H18FNO4S. The van der Waals surface area contributed by atoms with Gasteiger partial charge in [-0.25, -0.2) is 21.9 Å². The molecule has 3 aromatic rings. The molecule has 0 fully saturated rings. The molecule has 1 aliphatic carbocycles. The molecule has 0 heterocycles. The molecule has 0 saturated heterocycles. The third-order valence-electron chi connectivity index (χ3n) is 4.94. The molecule has 5 nitrogen and oxygen atoms in total. The molecule has 0 bridgehead atoms. The molecule has 0 atom stereocenters. The largest absolute Gasteiger partial charge is 0.449 e. The van der Waals surface area contributed by atoms with Gasteiger partial charge in [-0.3, -0.25) is 0 Å². The summed E-state index contributed by atoms with van der Waals surface area (Å²) in [6.45, 7) is 0. The fraction of sp³-hybridized carbons (Fsp3) is 0.136. The molecule has 1 aliphatic rings. The summed E-state index contributed by atoms with van der Waals surface area (Å²) in [6, 6.07) is 18.2. The van der Waals surface area contributed by atoms with Crippen LogP contribution < -0.4 is 0 Å². The molecule has 0 radical (unpaired) electrons. The lowest BCUT2D eigenvalue weighted by atomic mass is 10.1. The van der Waals surface area contributed by atoms with Gasteiger partial charge in [-0.15, -0.1) is 0 Å². The standard InChI is InChI=1S/C22H18FNO4S/c1-24(2)29(26,27)14-11-12-20(23)19(13-14)22(25)28-21-17-9-5-3-7-15(17)16-8-4-6-10-18(16)21/h3-13,21H,1-2H3. The number of ether oxygens (including phenoxy) is 1. The highest BCUT2D eigenvalue weighted by molar-refractivity contribution is 7.89. The second-order valence-corrected chi connectivity index (χ2v) is 9.04. The minimum Gasteiger partial charge on any atom is -0.449 e. The fourth-order valence-electron chi connectivity index (χ4n) is 3.44. The minimum atomic E-state index is -3.82. The smallest absolute Gasteiger partial charge is 0.342 e. The molecule has 0 saturated carbocycles. The van der Waals surface area contributed by atoms with E-state index in [9.17, 15) is 17.6 Å². The Balaban J connectivity index is 1.73. The summed E-state index contributed by atoms with van der Waals surface area (Å²) >= 11 is 0. The van der Waals surface area contributed by atoms with Crippen molar-refractivity contribution in [3.63, 3.8) is 0 Å². The van der Waals surface area contributed by atoms with E-state index in [0.717, 1.165) is 44.8 Å². The summed E-state index contributed by atoms with van der Waals surface area (Å²) < 4.78 is 45.7. The van der Waals surface area contributed by atoms with E-state index in [2.05, 4.69) is 0 Å². The van der Waals surface area contributed by atoms with Crippen molar-refractivity contribution in [2.24, 2.45) is 0 Å². The zero-order valence-electron chi connectivity index (χ0n) is 15.8. The van der Waals surface area contributed by atoms with Crippen LogP contribution >= 0.6 is 0 Å². The second-order valence-electron chi connectivity index (χ2n) is 6.89. The number of nitrogens with zero attached hydrogens (tertiary/aromatic N) is 1. The van der Waals surface area contributed by atoms with E-state index in [-0.39, 0.29) is 4.90 Å². The van der Waals surface area contributed by atoms with Crippen LogP contribution in [0.2, 0.25) is 0 Å². The Labute approximate surface area is 168 Å². The first-order valence-corrected chi connectivity index (χ1v) is 10.4. The molecule has 0 aliphatic heterocycles. The molecule has 4 rings (SSSR count). The Bertz CT molecular complexity index is 1180. The van der Waals surface area contributed by atoms with Crippen LogP contribution in [-0.2, 0) is 14.8 Å². The number of hydrogen-bond acceptors (Lipinski definition) is 4. The number of halogens is 1. The fourth-order valence-corrected chi connectivity index (χ4v) is 4.37. The molecule has 0 amide bonds. The lowest BCUT2D eigenvalue weighted by molar-refractivity contribution is 0.0380. The van der Waals surface area contributed by atoms with Gasteiger partial charge < -0.3 is 4.74 Å². The average molecular weight is 411 g/mol. The molecule has 148 valence electrons. The Hall–Kier alpha value is -3.03. The average Bonchev–Trinajstić information content (AvgIpc) is 3.02. The lowest BCUT2D eigenvalue weighted by Crippen LogP contribution is -2.23. The first-order valence-electron chi connectivity index (χ1n) is 8.92. The van der Waals surface area contributed by atoms with E-state index in [1.165, 1.54) is 14.1 Å². The monoisotopic (exact) mass is 411 g/mol. The number of carbonyl (C=O) groups is 1. The minimum absolute atomic E-state index is 0.178. The van der Waals surface area contributed by atoms with Gasteiger partial charge >= 0.3 is 5.97 Å². The predicted molar refractivity (Wildman–Crippen MR) is 106 cm³/mol. The molecule has 0 aromatic heterocycles. The summed E-state index contributed by atoms with van der Waals surface area (Å²) in [5, 5.41) is 0. The molecule has 7 heteroatoms. The molecule has 0 N–H and O–H groups in total. The van der Waals surface area contributed by atoms with Crippen LogP contribution in [0.25, 0.3) is 11.1 Å². The highest BCUT2D eigenvalue weighted by Crippen LogP contribution is 2.45. The van der Waals surface area contributed by atoms with E-state index in [0.29, 0.717) is 0 Å². The summed E-state index contributed by atoms with van der Waals surface area (Å²) in [4.78, 5) is 12.6. The van der Waals surface area contributed by atoms with Crippen molar-refractivity contribution in [1.29, 1.82) is 0 Å². The third kappa shape index (κ3) is 3.22. The summed E-state index contributed by atoms with van der Waals surface area (Å²) in [7, 11) is -1.09. The molecule has 0 spiro atoms. The number of benzene rings is 3. The first kappa shape index (κ1) is 19.3. The number of hydrogen-bond donors (Lipinski definition) is 0. The van der Waals surface area contributed by atoms with Crippen LogP contribution in [0.5, 0.6) is 0 Å². The maximum atomic E-state index is 14.4. The van der Waals surface area contributed by atoms with Gasteiger partial charge in [-0.05, 0) is 29.3 Å². The van der Waals surface area contributed by atoms with Gasteiger partial charge in [0.2, 0.25) is 10.0 Å². The van der Waals surface area contributed by atoms with Gasteiger partial charge in [0.25, 0.3) is 0 Å². The molecule has 3 aromatic carbocycles. The Kier molecular flexibility index (Phi) is 4.72. The highest BCUT2D eigenvalue weighted by atomic mass is 32.2. The zero-order valence-corrected chi connectivity index (χ0v) is 16.6. The van der Waals surface area contributed by atoms with Gasteiger partial charge in [0, 0.05) is 25.2 Å².